The zero-order valence-corrected chi connectivity index (χ0v) is 22.1. The van der Waals surface area contributed by atoms with Gasteiger partial charge in [0.15, 0.2) is 5.82 Å². The van der Waals surface area contributed by atoms with Crippen LogP contribution in [0, 0.1) is 5.82 Å². The number of hydroxylamine groups is 1. The maximum Gasteiger partial charge on any atom is 0.247 e. The molecule has 0 radical (unpaired) electrons. The van der Waals surface area contributed by atoms with E-state index < -0.39 is 0 Å². The van der Waals surface area contributed by atoms with Crippen molar-refractivity contribution in [2.75, 3.05) is 67.5 Å². The topological polar surface area (TPSA) is 95.1 Å². The summed E-state index contributed by atoms with van der Waals surface area (Å²) in [6.45, 7) is 7.58. The molecule has 2 aliphatic heterocycles. The molecule has 2 aliphatic rings. The highest BCUT2D eigenvalue weighted by Gasteiger charge is 2.29. The maximum absolute atomic E-state index is 13.5. The molecule has 39 heavy (non-hydrogen) atoms. The third-order valence-corrected chi connectivity index (χ3v) is 6.91. The van der Waals surface area contributed by atoms with E-state index in [2.05, 4.69) is 44.0 Å². The number of likely N-dealkylation sites (N-methyl/N-ethyl adjacent to an activating group) is 1. The molecule has 2 N–H and O–H groups in total. The van der Waals surface area contributed by atoms with Crippen molar-refractivity contribution in [1.29, 1.82) is 0 Å². The van der Waals surface area contributed by atoms with Gasteiger partial charge in [0.05, 0.1) is 36.8 Å². The largest absolute Gasteiger partial charge is 0.494 e. The predicted molar refractivity (Wildman–Crippen MR) is 149 cm³/mol. The van der Waals surface area contributed by atoms with Crippen LogP contribution in [0.15, 0.2) is 61.4 Å². The molecule has 2 aromatic carbocycles. The number of hydrogen-bond donors (Lipinski definition) is 2. The molecule has 3 heterocycles. The number of carbonyl (C=O) groups is 1. The number of carbonyl (C=O) groups excluding carboxylic acids is 1. The molecule has 3 aromatic rings. The van der Waals surface area contributed by atoms with Crippen molar-refractivity contribution in [2.24, 2.45) is 0 Å². The van der Waals surface area contributed by atoms with Gasteiger partial charge in [-0.1, -0.05) is 18.7 Å². The van der Waals surface area contributed by atoms with Gasteiger partial charge in [-0.3, -0.25) is 9.63 Å². The van der Waals surface area contributed by atoms with E-state index in [-0.39, 0.29) is 17.8 Å². The zero-order chi connectivity index (χ0) is 27.4. The number of nitrogens with one attached hydrogen (secondary N) is 2. The minimum Gasteiger partial charge on any atom is -0.494 e. The van der Waals surface area contributed by atoms with Crippen LogP contribution in [0.1, 0.15) is 18.0 Å². The number of ether oxygens (including phenoxy) is 1. The van der Waals surface area contributed by atoms with Gasteiger partial charge in [-0.2, -0.15) is 0 Å². The van der Waals surface area contributed by atoms with E-state index in [1.807, 2.05) is 12.1 Å². The molecule has 1 atom stereocenters. The van der Waals surface area contributed by atoms with Crippen molar-refractivity contribution in [1.82, 2.24) is 14.9 Å². The van der Waals surface area contributed by atoms with Crippen LogP contribution in [-0.2, 0) is 9.63 Å². The minimum atomic E-state index is -0.302. The van der Waals surface area contributed by atoms with Gasteiger partial charge in [0.2, 0.25) is 5.91 Å². The Morgan fingerprint density at radius 2 is 1.90 bits per heavy atom. The highest BCUT2D eigenvalue weighted by Crippen LogP contribution is 2.40. The molecular weight excluding hydrogens is 501 g/mol. The normalized spacial score (nSPS) is 17.7. The molecule has 204 valence electrons. The van der Waals surface area contributed by atoms with Crippen molar-refractivity contribution >= 4 is 34.6 Å². The predicted octanol–water partition coefficient (Wildman–Crippen LogP) is 4.13. The van der Waals surface area contributed by atoms with Gasteiger partial charge in [-0.15, -0.1) is 0 Å². The van der Waals surface area contributed by atoms with Crippen LogP contribution in [0.25, 0.3) is 0 Å². The number of amides is 1. The summed E-state index contributed by atoms with van der Waals surface area (Å²) in [7, 11) is 3.70. The summed E-state index contributed by atoms with van der Waals surface area (Å²) < 4.78 is 19.2. The Morgan fingerprint density at radius 3 is 2.62 bits per heavy atom. The number of piperazine rings is 1. The Hall–Kier alpha value is -4.22. The molecule has 0 saturated carbocycles. The lowest BCUT2D eigenvalue weighted by atomic mass is 10.0. The summed E-state index contributed by atoms with van der Waals surface area (Å²) >= 11 is 0. The van der Waals surface area contributed by atoms with E-state index in [1.165, 1.54) is 24.5 Å². The average Bonchev–Trinajstić information content (AvgIpc) is 3.44. The van der Waals surface area contributed by atoms with Crippen LogP contribution >= 0.6 is 0 Å². The molecule has 2 fully saturated rings. The number of halogens is 1. The first-order valence-corrected chi connectivity index (χ1v) is 12.8. The van der Waals surface area contributed by atoms with Crippen molar-refractivity contribution in [3.8, 4) is 5.75 Å². The molecule has 1 unspecified atom stereocenters. The van der Waals surface area contributed by atoms with Gasteiger partial charge in [0.25, 0.3) is 0 Å². The summed E-state index contributed by atoms with van der Waals surface area (Å²) in [4.78, 5) is 31.5. The fourth-order valence-electron chi connectivity index (χ4n) is 4.79. The van der Waals surface area contributed by atoms with E-state index in [0.29, 0.717) is 35.4 Å². The van der Waals surface area contributed by atoms with Crippen molar-refractivity contribution in [2.45, 2.75) is 12.5 Å². The maximum atomic E-state index is 13.5. The second kappa shape index (κ2) is 11.7. The Labute approximate surface area is 227 Å². The molecule has 0 spiro atoms. The van der Waals surface area contributed by atoms with Gasteiger partial charge in [0, 0.05) is 44.7 Å². The SMILES string of the molecule is C=CC(=O)Nc1cc(Nc2cc(N3OCCC3c3ccc(F)cc3)ncn2)c(OC)cc1N1CCN(C)CC1. The molecule has 2 saturated heterocycles. The van der Waals surface area contributed by atoms with Crippen LogP contribution in [0.4, 0.5) is 33.1 Å². The highest BCUT2D eigenvalue weighted by molar-refractivity contribution is 6.02. The molecule has 5 rings (SSSR count). The van der Waals surface area contributed by atoms with Crippen LogP contribution in [-0.4, -0.2) is 67.7 Å². The number of aromatic nitrogens is 2. The van der Waals surface area contributed by atoms with Crippen molar-refractivity contribution in [3.63, 3.8) is 0 Å². The second-order valence-electron chi connectivity index (χ2n) is 9.45. The number of anilines is 5. The van der Waals surface area contributed by atoms with Gasteiger partial charge in [-0.05, 0) is 36.9 Å². The van der Waals surface area contributed by atoms with Crippen LogP contribution in [0.2, 0.25) is 0 Å². The molecule has 1 aromatic heterocycles. The Balaban J connectivity index is 1.43. The molecule has 10 nitrogen and oxygen atoms in total. The molecule has 11 heteroatoms. The minimum absolute atomic E-state index is 0.105. The van der Waals surface area contributed by atoms with Gasteiger partial charge in [-0.25, -0.2) is 19.4 Å². The quantitative estimate of drug-likeness (QED) is 0.415. The van der Waals surface area contributed by atoms with E-state index in [1.54, 1.807) is 30.4 Å². The van der Waals surface area contributed by atoms with Gasteiger partial charge in [0.1, 0.15) is 23.7 Å². The number of rotatable bonds is 8. The third-order valence-electron chi connectivity index (χ3n) is 6.91. The van der Waals surface area contributed by atoms with Gasteiger partial charge >= 0.3 is 0 Å². The standard InChI is InChI=1S/C28H32FN7O3/c1-4-28(37)33-21-15-22(25(38-3)16-24(21)35-12-10-34(2)11-13-35)32-26-17-27(31-18-30-26)36-23(9-14-39-36)19-5-7-20(29)8-6-19/h4-8,15-18,23H,1,9-14H2,2-3H3,(H,33,37)(H,30,31,32). The monoisotopic (exact) mass is 533 g/mol. The smallest absolute Gasteiger partial charge is 0.247 e. The molecule has 0 bridgehead atoms. The van der Waals surface area contributed by atoms with E-state index in [0.717, 1.165) is 43.9 Å². The Morgan fingerprint density at radius 1 is 1.13 bits per heavy atom. The first-order chi connectivity index (χ1) is 18.9. The number of nitrogens with zero attached hydrogens (tertiary/aromatic N) is 5. The van der Waals surface area contributed by atoms with Crippen LogP contribution < -0.4 is 25.3 Å². The Kier molecular flexibility index (Phi) is 7.89. The van der Waals surface area contributed by atoms with E-state index in [4.69, 9.17) is 9.57 Å². The van der Waals surface area contributed by atoms with Gasteiger partial charge < -0.3 is 25.2 Å². The van der Waals surface area contributed by atoms with Crippen LogP contribution in [0.3, 0.4) is 0 Å². The van der Waals surface area contributed by atoms with Crippen molar-refractivity contribution < 1.29 is 18.8 Å². The lowest BCUT2D eigenvalue weighted by molar-refractivity contribution is -0.111. The molecule has 0 aliphatic carbocycles. The first-order valence-electron chi connectivity index (χ1n) is 12.8. The highest BCUT2D eigenvalue weighted by atomic mass is 19.1. The van der Waals surface area contributed by atoms with Crippen molar-refractivity contribution in [3.05, 3.63) is 72.8 Å². The molecule has 1 amide bonds. The summed E-state index contributed by atoms with van der Waals surface area (Å²) in [5, 5.41) is 7.97. The summed E-state index contributed by atoms with van der Waals surface area (Å²) in [5.74, 6) is 1.09. The molecular formula is C28H32FN7O3. The first kappa shape index (κ1) is 26.4. The lowest BCUT2D eigenvalue weighted by Crippen LogP contribution is -2.44. The zero-order valence-electron chi connectivity index (χ0n) is 22.1. The third kappa shape index (κ3) is 5.94. The average molecular weight is 534 g/mol. The number of benzene rings is 2. The van der Waals surface area contributed by atoms with E-state index >= 15 is 0 Å². The fourth-order valence-corrected chi connectivity index (χ4v) is 4.79. The second-order valence-corrected chi connectivity index (χ2v) is 9.45. The lowest BCUT2D eigenvalue weighted by Gasteiger charge is -2.35. The van der Waals surface area contributed by atoms with Crippen LogP contribution in [0.5, 0.6) is 5.75 Å². The summed E-state index contributed by atoms with van der Waals surface area (Å²) in [6.07, 6.45) is 3.44. The fraction of sp³-hybridized carbons (Fsp3) is 0.321. The number of methoxy groups -OCH3 is 1. The van der Waals surface area contributed by atoms with E-state index in [9.17, 15) is 9.18 Å². The Bertz CT molecular complexity index is 1330. The number of hydrogen-bond acceptors (Lipinski definition) is 9. The summed E-state index contributed by atoms with van der Waals surface area (Å²) in [6, 6.07) is 11.8. The summed E-state index contributed by atoms with van der Waals surface area (Å²) in [5.41, 5.74) is 3.07.